The Morgan fingerprint density at radius 2 is 1.89 bits per heavy atom. The van der Waals surface area contributed by atoms with E-state index in [0.29, 0.717) is 36.5 Å². The molecule has 36 heavy (non-hydrogen) atoms. The van der Waals surface area contributed by atoms with Crippen LogP contribution in [0.25, 0.3) is 0 Å². The van der Waals surface area contributed by atoms with Gasteiger partial charge in [-0.1, -0.05) is 42.5 Å². The van der Waals surface area contributed by atoms with E-state index >= 15 is 0 Å². The van der Waals surface area contributed by atoms with Gasteiger partial charge in [0.15, 0.2) is 6.10 Å². The van der Waals surface area contributed by atoms with Crippen LogP contribution in [-0.4, -0.2) is 37.9 Å². The van der Waals surface area contributed by atoms with Gasteiger partial charge in [0.2, 0.25) is 0 Å². The van der Waals surface area contributed by atoms with Gasteiger partial charge in [-0.2, -0.15) is 13.2 Å². The van der Waals surface area contributed by atoms with Crippen LogP contribution in [0.3, 0.4) is 0 Å². The molecule has 2 aromatic carbocycles. The molecule has 1 atom stereocenters. The molecule has 1 aliphatic heterocycles. The summed E-state index contributed by atoms with van der Waals surface area (Å²) < 4.78 is 38.2. The Hall–Kier alpha value is -3.11. The number of hydrogen-bond donors (Lipinski definition) is 2. The van der Waals surface area contributed by atoms with E-state index in [1.165, 1.54) is 23.1 Å². The van der Waals surface area contributed by atoms with Gasteiger partial charge in [-0.3, -0.25) is 9.59 Å². The van der Waals surface area contributed by atoms with E-state index in [4.69, 9.17) is 4.98 Å². The number of H-pyrrole nitrogens is 1. The number of nitrogens with zero attached hydrogens (tertiary/aromatic N) is 2. The van der Waals surface area contributed by atoms with Gasteiger partial charge >= 0.3 is 5.51 Å². The molecule has 1 aromatic heterocycles. The van der Waals surface area contributed by atoms with Crippen LogP contribution in [0.1, 0.15) is 53.6 Å². The number of halogens is 3. The molecule has 1 amide bonds. The highest BCUT2D eigenvalue weighted by Crippen LogP contribution is 2.52. The van der Waals surface area contributed by atoms with E-state index in [0.717, 1.165) is 24.5 Å². The molecule has 2 aliphatic rings. The van der Waals surface area contributed by atoms with Crippen molar-refractivity contribution in [3.63, 3.8) is 0 Å². The van der Waals surface area contributed by atoms with Gasteiger partial charge in [-0.25, -0.2) is 4.98 Å². The molecule has 188 valence electrons. The number of hydrogen-bond acceptors (Lipinski definition) is 5. The SMILES string of the molecule is O=C(C(O)c1cccc(SC(F)(F)F)c1)N1CCCc2nc(C3(c4ccccc4)CC3)[nH]c(=O)c2C1. The maximum atomic E-state index is 13.1. The third kappa shape index (κ3) is 4.92. The summed E-state index contributed by atoms with van der Waals surface area (Å²) in [6.07, 6.45) is 1.19. The van der Waals surface area contributed by atoms with Crippen molar-refractivity contribution in [3.05, 3.63) is 93.2 Å². The Morgan fingerprint density at radius 3 is 2.58 bits per heavy atom. The van der Waals surface area contributed by atoms with Gasteiger partial charge in [0, 0.05) is 11.4 Å². The zero-order chi connectivity index (χ0) is 25.5. The monoisotopic (exact) mass is 515 g/mol. The van der Waals surface area contributed by atoms with E-state index in [-0.39, 0.29) is 39.7 Å². The number of nitrogens with one attached hydrogen (secondary N) is 1. The zero-order valence-corrected chi connectivity index (χ0v) is 20.0. The lowest BCUT2D eigenvalue weighted by Crippen LogP contribution is -2.36. The van der Waals surface area contributed by atoms with Gasteiger partial charge in [-0.05, 0) is 60.7 Å². The second-order valence-corrected chi connectivity index (χ2v) is 10.3. The second kappa shape index (κ2) is 9.40. The summed E-state index contributed by atoms with van der Waals surface area (Å²) in [6.45, 7) is 0.269. The standard InChI is InChI=1S/C26H24F3N3O3S/c27-26(28,29)36-18-9-4-6-16(14-18)21(33)23(35)32-13-5-10-20-19(15-32)22(34)31-24(30-20)25(11-12-25)17-7-2-1-3-8-17/h1-4,6-9,14,21,33H,5,10-13,15H2,(H,30,31,34). The molecule has 1 fully saturated rings. The minimum atomic E-state index is -4.48. The molecule has 1 saturated carbocycles. The van der Waals surface area contributed by atoms with E-state index in [9.17, 15) is 27.9 Å². The molecule has 5 rings (SSSR count). The number of carbonyl (C=O) groups excluding carboxylic acids is 1. The van der Waals surface area contributed by atoms with Crippen LogP contribution in [0, 0.1) is 0 Å². The summed E-state index contributed by atoms with van der Waals surface area (Å²) in [4.78, 5) is 35.2. The normalized spacial score (nSPS) is 17.7. The van der Waals surface area contributed by atoms with E-state index in [1.807, 2.05) is 30.3 Å². The van der Waals surface area contributed by atoms with Crippen LogP contribution in [0.4, 0.5) is 13.2 Å². The van der Waals surface area contributed by atoms with Gasteiger partial charge in [0.1, 0.15) is 5.82 Å². The highest BCUT2D eigenvalue weighted by atomic mass is 32.2. The van der Waals surface area contributed by atoms with Crippen molar-refractivity contribution >= 4 is 17.7 Å². The quantitative estimate of drug-likeness (QED) is 0.490. The van der Waals surface area contributed by atoms with Crippen LogP contribution in [0.5, 0.6) is 0 Å². The predicted molar refractivity (Wildman–Crippen MR) is 128 cm³/mol. The second-order valence-electron chi connectivity index (χ2n) is 9.17. The number of aromatic amines is 1. The number of amides is 1. The van der Waals surface area contributed by atoms with Crippen molar-refractivity contribution in [1.82, 2.24) is 14.9 Å². The first-order valence-electron chi connectivity index (χ1n) is 11.7. The minimum Gasteiger partial charge on any atom is -0.378 e. The van der Waals surface area contributed by atoms with Crippen molar-refractivity contribution in [2.75, 3.05) is 6.54 Å². The first-order valence-corrected chi connectivity index (χ1v) is 12.5. The van der Waals surface area contributed by atoms with Crippen molar-refractivity contribution in [1.29, 1.82) is 0 Å². The van der Waals surface area contributed by atoms with Crippen molar-refractivity contribution < 1.29 is 23.1 Å². The van der Waals surface area contributed by atoms with Crippen LogP contribution >= 0.6 is 11.8 Å². The Labute approximate surface area is 209 Å². The molecule has 1 unspecified atom stereocenters. The average Bonchev–Trinajstić information content (AvgIpc) is 3.67. The molecular weight excluding hydrogens is 491 g/mol. The summed E-state index contributed by atoms with van der Waals surface area (Å²) in [5.74, 6) is -0.0281. The number of fused-ring (bicyclic) bond motifs is 1. The Morgan fingerprint density at radius 1 is 1.14 bits per heavy atom. The van der Waals surface area contributed by atoms with E-state index < -0.39 is 17.5 Å². The molecule has 2 N–H and O–H groups in total. The zero-order valence-electron chi connectivity index (χ0n) is 19.2. The highest BCUT2D eigenvalue weighted by molar-refractivity contribution is 8.00. The number of aliphatic hydroxyl groups excluding tert-OH is 1. The molecular formula is C26H24F3N3O3S. The summed E-state index contributed by atoms with van der Waals surface area (Å²) in [5, 5.41) is 10.7. The van der Waals surface area contributed by atoms with Crippen molar-refractivity contribution in [2.45, 2.75) is 54.2 Å². The molecule has 3 aromatic rings. The molecule has 10 heteroatoms. The molecule has 1 aliphatic carbocycles. The summed E-state index contributed by atoms with van der Waals surface area (Å²) in [7, 11) is 0. The van der Waals surface area contributed by atoms with Gasteiger partial charge in [0.05, 0.1) is 23.2 Å². The minimum absolute atomic E-state index is 0.0246. The third-order valence-corrected chi connectivity index (χ3v) is 7.50. The molecule has 0 spiro atoms. The summed E-state index contributed by atoms with van der Waals surface area (Å²) >= 11 is -0.307. The van der Waals surface area contributed by atoms with Crippen LogP contribution in [0.2, 0.25) is 0 Å². The van der Waals surface area contributed by atoms with Crippen LogP contribution < -0.4 is 5.56 Å². The number of benzene rings is 2. The van der Waals surface area contributed by atoms with Gasteiger partial charge in [0.25, 0.3) is 11.5 Å². The number of aryl methyl sites for hydroxylation is 1. The fourth-order valence-corrected chi connectivity index (χ4v) is 5.39. The number of carbonyl (C=O) groups is 1. The number of rotatable bonds is 5. The lowest BCUT2D eigenvalue weighted by molar-refractivity contribution is -0.141. The molecule has 0 saturated heterocycles. The maximum Gasteiger partial charge on any atom is 0.446 e. The molecule has 0 bridgehead atoms. The maximum absolute atomic E-state index is 13.1. The number of alkyl halides is 3. The number of aliphatic hydroxyl groups is 1. The van der Waals surface area contributed by atoms with Crippen molar-refractivity contribution in [2.24, 2.45) is 0 Å². The Bertz CT molecular complexity index is 1340. The van der Waals surface area contributed by atoms with Gasteiger partial charge < -0.3 is 15.0 Å². The number of thioether (sulfide) groups is 1. The van der Waals surface area contributed by atoms with Crippen molar-refractivity contribution in [3.8, 4) is 0 Å². The fraction of sp³-hybridized carbons (Fsp3) is 0.346. The smallest absolute Gasteiger partial charge is 0.378 e. The topological polar surface area (TPSA) is 86.3 Å². The van der Waals surface area contributed by atoms with Gasteiger partial charge in [-0.15, -0.1) is 0 Å². The average molecular weight is 516 g/mol. The molecule has 0 radical (unpaired) electrons. The van der Waals surface area contributed by atoms with Crippen LogP contribution in [0.15, 0.2) is 64.3 Å². The Kier molecular flexibility index (Phi) is 6.42. The lowest BCUT2D eigenvalue weighted by Gasteiger charge is -2.24. The largest absolute Gasteiger partial charge is 0.446 e. The predicted octanol–water partition coefficient (Wildman–Crippen LogP) is 4.47. The molecule has 2 heterocycles. The first kappa shape index (κ1) is 24.6. The molecule has 6 nitrogen and oxygen atoms in total. The summed E-state index contributed by atoms with van der Waals surface area (Å²) in [5.41, 5.74) is -2.89. The van der Waals surface area contributed by atoms with Crippen LogP contribution in [-0.2, 0) is 23.2 Å². The third-order valence-electron chi connectivity index (χ3n) is 6.77. The fourth-order valence-electron chi connectivity index (χ4n) is 4.78. The number of aromatic nitrogens is 2. The summed E-state index contributed by atoms with van der Waals surface area (Å²) in [6, 6.07) is 15.1. The first-order chi connectivity index (χ1) is 17.2. The van der Waals surface area contributed by atoms with E-state index in [1.54, 1.807) is 0 Å². The lowest BCUT2D eigenvalue weighted by atomic mass is 9.94. The van der Waals surface area contributed by atoms with E-state index in [2.05, 4.69) is 4.98 Å². The highest BCUT2D eigenvalue weighted by Gasteiger charge is 2.48. The Balaban J connectivity index is 1.38.